The molecule has 0 radical (unpaired) electrons. The van der Waals surface area contributed by atoms with Gasteiger partial charge in [0.25, 0.3) is 11.6 Å². The fourth-order valence-electron chi connectivity index (χ4n) is 3.22. The zero-order valence-electron chi connectivity index (χ0n) is 15.8. The summed E-state index contributed by atoms with van der Waals surface area (Å²) >= 11 is 7.46. The minimum atomic E-state index is -0.537. The lowest BCUT2D eigenvalue weighted by Gasteiger charge is -2.35. The van der Waals surface area contributed by atoms with Crippen LogP contribution in [0.2, 0.25) is 5.02 Å². The van der Waals surface area contributed by atoms with Gasteiger partial charge in [-0.3, -0.25) is 24.6 Å². The van der Waals surface area contributed by atoms with Crippen LogP contribution < -0.4 is 10.6 Å². The highest BCUT2D eigenvalue weighted by molar-refractivity contribution is 7.12. The van der Waals surface area contributed by atoms with E-state index in [-0.39, 0.29) is 34.3 Å². The largest absolute Gasteiger partial charge is 0.349 e. The van der Waals surface area contributed by atoms with E-state index >= 15 is 0 Å². The van der Waals surface area contributed by atoms with Crippen LogP contribution in [0.15, 0.2) is 35.7 Å². The number of non-ortho nitro benzene ring substituents is 1. The van der Waals surface area contributed by atoms with Gasteiger partial charge in [0.15, 0.2) is 0 Å². The van der Waals surface area contributed by atoms with Crippen LogP contribution in [0.5, 0.6) is 0 Å². The molecule has 29 heavy (non-hydrogen) atoms. The molecule has 8 nitrogen and oxygen atoms in total. The Bertz CT molecular complexity index is 898. The smallest absolute Gasteiger partial charge is 0.271 e. The summed E-state index contributed by atoms with van der Waals surface area (Å²) < 4.78 is 0. The highest BCUT2D eigenvalue weighted by atomic mass is 35.5. The zero-order valence-corrected chi connectivity index (χ0v) is 17.3. The molecule has 1 aromatic heterocycles. The molecule has 1 unspecified atom stereocenters. The average molecular weight is 437 g/mol. The summed E-state index contributed by atoms with van der Waals surface area (Å²) in [6.45, 7) is 3.10. The monoisotopic (exact) mass is 436 g/mol. The van der Waals surface area contributed by atoms with Gasteiger partial charge in [0, 0.05) is 31.3 Å². The van der Waals surface area contributed by atoms with Crippen LogP contribution in [0.3, 0.4) is 0 Å². The second-order valence-electron chi connectivity index (χ2n) is 6.85. The number of amides is 2. The summed E-state index contributed by atoms with van der Waals surface area (Å²) in [7, 11) is 0. The summed E-state index contributed by atoms with van der Waals surface area (Å²) in [5.74, 6) is -0.349. The van der Waals surface area contributed by atoms with Crippen molar-refractivity contribution in [1.29, 1.82) is 0 Å². The summed E-state index contributed by atoms with van der Waals surface area (Å²) in [6.07, 6.45) is 1.48. The summed E-state index contributed by atoms with van der Waals surface area (Å²) in [6, 6.07) is 7.20. The summed E-state index contributed by atoms with van der Waals surface area (Å²) in [4.78, 5) is 37.9. The molecule has 1 atom stereocenters. The van der Waals surface area contributed by atoms with Crippen molar-refractivity contribution in [2.75, 3.05) is 18.4 Å². The van der Waals surface area contributed by atoms with Crippen molar-refractivity contribution in [3.63, 3.8) is 0 Å². The molecule has 1 aliphatic heterocycles. The first-order valence-corrected chi connectivity index (χ1v) is 10.4. The molecule has 0 spiro atoms. The number of hydrogen-bond acceptors (Lipinski definition) is 6. The summed E-state index contributed by atoms with van der Waals surface area (Å²) in [5, 5.41) is 18.8. The molecule has 0 bridgehead atoms. The van der Waals surface area contributed by atoms with E-state index in [1.165, 1.54) is 29.5 Å². The maximum absolute atomic E-state index is 12.6. The Morgan fingerprint density at radius 3 is 2.66 bits per heavy atom. The van der Waals surface area contributed by atoms with Gasteiger partial charge < -0.3 is 10.6 Å². The van der Waals surface area contributed by atoms with Crippen molar-refractivity contribution in [2.24, 2.45) is 0 Å². The van der Waals surface area contributed by atoms with E-state index < -0.39 is 11.0 Å². The molecule has 1 aliphatic rings. The van der Waals surface area contributed by atoms with E-state index in [0.29, 0.717) is 18.0 Å². The van der Waals surface area contributed by atoms with Crippen LogP contribution in [-0.4, -0.2) is 46.8 Å². The van der Waals surface area contributed by atoms with Gasteiger partial charge in [-0.25, -0.2) is 0 Å². The third-order valence-corrected chi connectivity index (χ3v) is 6.15. The van der Waals surface area contributed by atoms with E-state index in [0.717, 1.165) is 12.8 Å². The lowest BCUT2D eigenvalue weighted by molar-refractivity contribution is -0.384. The third kappa shape index (κ3) is 5.31. The molecule has 2 heterocycles. The number of nitrogens with one attached hydrogen (secondary N) is 2. The normalized spacial score (nSPS) is 16.2. The lowest BCUT2D eigenvalue weighted by atomic mass is 10.0. The number of nitro benzene ring substituents is 1. The van der Waals surface area contributed by atoms with E-state index in [1.807, 2.05) is 16.3 Å². The van der Waals surface area contributed by atoms with Gasteiger partial charge in [0.2, 0.25) is 5.91 Å². The van der Waals surface area contributed by atoms with Crippen molar-refractivity contribution in [2.45, 2.75) is 31.8 Å². The van der Waals surface area contributed by atoms with Gasteiger partial charge in [-0.15, -0.1) is 11.3 Å². The Hall–Kier alpha value is -2.49. The van der Waals surface area contributed by atoms with Crippen LogP contribution in [-0.2, 0) is 4.79 Å². The Morgan fingerprint density at radius 1 is 1.31 bits per heavy atom. The molecular formula is C19H21ClN4O4S. The second kappa shape index (κ2) is 9.34. The number of thiophene rings is 1. The SMILES string of the molecule is CC(C(=O)Nc1cc([N+](=O)[O-])ccc1Cl)N1CCC(NC(=O)c2cccs2)CC1. The average Bonchev–Trinajstić information content (AvgIpc) is 3.24. The molecule has 1 saturated heterocycles. The van der Waals surface area contributed by atoms with Crippen LogP contribution >= 0.6 is 22.9 Å². The number of nitrogens with zero attached hydrogens (tertiary/aromatic N) is 2. The van der Waals surface area contributed by atoms with Gasteiger partial charge in [-0.2, -0.15) is 0 Å². The quantitative estimate of drug-likeness (QED) is 0.532. The number of hydrogen-bond donors (Lipinski definition) is 2. The number of piperidine rings is 1. The topological polar surface area (TPSA) is 105 Å². The van der Waals surface area contributed by atoms with E-state index in [9.17, 15) is 19.7 Å². The highest BCUT2D eigenvalue weighted by Crippen LogP contribution is 2.27. The Kier molecular flexibility index (Phi) is 6.83. The highest BCUT2D eigenvalue weighted by Gasteiger charge is 2.28. The molecule has 1 aromatic carbocycles. The number of halogens is 1. The number of nitro groups is 1. The minimum absolute atomic E-state index is 0.0652. The van der Waals surface area contributed by atoms with Crippen molar-refractivity contribution in [3.8, 4) is 0 Å². The van der Waals surface area contributed by atoms with Crippen LogP contribution in [0.1, 0.15) is 29.4 Å². The molecule has 3 rings (SSSR count). The molecule has 0 aliphatic carbocycles. The molecule has 2 aromatic rings. The zero-order chi connectivity index (χ0) is 21.0. The third-order valence-electron chi connectivity index (χ3n) is 4.96. The van der Waals surface area contributed by atoms with Gasteiger partial charge in [-0.1, -0.05) is 17.7 Å². The second-order valence-corrected chi connectivity index (χ2v) is 8.20. The van der Waals surface area contributed by atoms with E-state index in [1.54, 1.807) is 13.0 Å². The fraction of sp³-hybridized carbons (Fsp3) is 0.368. The van der Waals surface area contributed by atoms with E-state index in [4.69, 9.17) is 11.6 Å². The molecule has 1 fully saturated rings. The fourth-order valence-corrected chi connectivity index (χ4v) is 4.01. The van der Waals surface area contributed by atoms with Crippen molar-refractivity contribution in [3.05, 3.63) is 55.7 Å². The number of likely N-dealkylation sites (tertiary alicyclic amines) is 1. The molecule has 2 N–H and O–H groups in total. The first kappa shape index (κ1) is 21.2. The number of carbonyl (C=O) groups is 2. The summed E-state index contributed by atoms with van der Waals surface area (Å²) in [5.41, 5.74) is 0.0791. The van der Waals surface area contributed by atoms with Crippen LogP contribution in [0, 0.1) is 10.1 Å². The standard InChI is InChI=1S/C19H21ClN4O4S/c1-12(18(25)22-16-11-14(24(27)28)4-5-15(16)20)23-8-6-13(7-9-23)21-19(26)17-3-2-10-29-17/h2-5,10-13H,6-9H2,1H3,(H,21,26)(H,22,25). The van der Waals surface area contributed by atoms with Crippen molar-refractivity contribution >= 4 is 46.1 Å². The molecule has 10 heteroatoms. The number of anilines is 1. The maximum Gasteiger partial charge on any atom is 0.271 e. The van der Waals surface area contributed by atoms with Gasteiger partial charge in [-0.05, 0) is 37.3 Å². The molecular weight excluding hydrogens is 416 g/mol. The van der Waals surface area contributed by atoms with Crippen LogP contribution in [0.4, 0.5) is 11.4 Å². The Balaban J connectivity index is 1.53. The minimum Gasteiger partial charge on any atom is -0.349 e. The number of benzene rings is 1. The van der Waals surface area contributed by atoms with Crippen LogP contribution in [0.25, 0.3) is 0 Å². The van der Waals surface area contributed by atoms with Crippen molar-refractivity contribution < 1.29 is 14.5 Å². The van der Waals surface area contributed by atoms with Crippen molar-refractivity contribution in [1.82, 2.24) is 10.2 Å². The molecule has 0 saturated carbocycles. The van der Waals surface area contributed by atoms with E-state index in [2.05, 4.69) is 10.6 Å². The Labute approximate surface area is 177 Å². The molecule has 154 valence electrons. The first-order valence-electron chi connectivity index (χ1n) is 9.18. The predicted molar refractivity (Wildman–Crippen MR) is 113 cm³/mol. The number of carbonyl (C=O) groups excluding carboxylic acids is 2. The lowest BCUT2D eigenvalue weighted by Crippen LogP contribution is -2.50. The number of rotatable bonds is 6. The van der Waals surface area contributed by atoms with Gasteiger partial charge >= 0.3 is 0 Å². The maximum atomic E-state index is 12.6. The molecule has 2 amide bonds. The first-order chi connectivity index (χ1) is 13.8. The Morgan fingerprint density at radius 2 is 2.03 bits per heavy atom. The van der Waals surface area contributed by atoms with Gasteiger partial charge in [0.1, 0.15) is 0 Å². The van der Waals surface area contributed by atoms with Gasteiger partial charge in [0.05, 0.1) is 26.6 Å². The predicted octanol–water partition coefficient (Wildman–Crippen LogP) is 3.53.